The lowest BCUT2D eigenvalue weighted by Crippen LogP contribution is -2.46. The van der Waals surface area contributed by atoms with Gasteiger partial charge < -0.3 is 0 Å². The van der Waals surface area contributed by atoms with Crippen LogP contribution in [0.25, 0.3) is 10.6 Å². The van der Waals surface area contributed by atoms with Crippen molar-refractivity contribution in [3.05, 3.63) is 53.0 Å². The average molecular weight is 334 g/mol. The molecule has 5 heteroatoms. The van der Waals surface area contributed by atoms with Crippen LogP contribution in [0.3, 0.4) is 0 Å². The van der Waals surface area contributed by atoms with Crippen LogP contribution in [-0.2, 0) is 6.54 Å². The van der Waals surface area contributed by atoms with Crippen molar-refractivity contribution in [3.63, 3.8) is 0 Å². The van der Waals surface area contributed by atoms with Gasteiger partial charge in [-0.1, -0.05) is 48.5 Å². The number of nitrogens with zero attached hydrogens (tertiary/aromatic N) is 3. The molecular weight excluding hydrogens is 314 g/mol. The first-order chi connectivity index (χ1) is 10.7. The van der Waals surface area contributed by atoms with Crippen molar-refractivity contribution in [2.45, 2.75) is 6.54 Å². The Kier molecular flexibility index (Phi) is 5.26. The summed E-state index contributed by atoms with van der Waals surface area (Å²) in [5, 5.41) is 4.00. The van der Waals surface area contributed by atoms with Gasteiger partial charge in [-0.3, -0.25) is 9.80 Å². The summed E-state index contributed by atoms with van der Waals surface area (Å²) < 4.78 is 0. The number of hydrogen-bond acceptors (Lipinski definition) is 4. The lowest BCUT2D eigenvalue weighted by molar-refractivity contribution is 0.135. The number of piperazine rings is 1. The van der Waals surface area contributed by atoms with Crippen LogP contribution in [0.15, 0.2) is 47.3 Å². The summed E-state index contributed by atoms with van der Waals surface area (Å²) in [7, 11) is 0. The van der Waals surface area contributed by atoms with E-state index < -0.39 is 0 Å². The Morgan fingerprint density at radius 3 is 2.50 bits per heavy atom. The molecule has 0 spiro atoms. The summed E-state index contributed by atoms with van der Waals surface area (Å²) in [6, 6.07) is 10.4. The van der Waals surface area contributed by atoms with Crippen LogP contribution in [0.2, 0.25) is 0 Å². The predicted molar refractivity (Wildman–Crippen MR) is 94.3 cm³/mol. The fraction of sp³-hybridized carbons (Fsp3) is 0.353. The highest BCUT2D eigenvalue weighted by atomic mass is 35.5. The summed E-state index contributed by atoms with van der Waals surface area (Å²) in [6.07, 6.45) is 0. The second kappa shape index (κ2) is 7.38. The minimum Gasteiger partial charge on any atom is -0.296 e. The van der Waals surface area contributed by atoms with Crippen molar-refractivity contribution < 1.29 is 0 Å². The van der Waals surface area contributed by atoms with Crippen molar-refractivity contribution >= 4 is 22.9 Å². The molecule has 0 N–H and O–H groups in total. The normalized spacial score (nSPS) is 16.8. The molecule has 0 radical (unpaired) electrons. The maximum Gasteiger partial charge on any atom is 0.123 e. The monoisotopic (exact) mass is 333 g/mol. The van der Waals surface area contributed by atoms with Crippen LogP contribution in [0.1, 0.15) is 5.69 Å². The fourth-order valence-corrected chi connectivity index (χ4v) is 3.66. The van der Waals surface area contributed by atoms with Gasteiger partial charge in [0.2, 0.25) is 0 Å². The van der Waals surface area contributed by atoms with Gasteiger partial charge in [0.05, 0.1) is 5.69 Å². The Morgan fingerprint density at radius 1 is 1.14 bits per heavy atom. The van der Waals surface area contributed by atoms with Crippen molar-refractivity contribution in [2.75, 3.05) is 32.7 Å². The van der Waals surface area contributed by atoms with E-state index in [2.05, 4.69) is 46.0 Å². The van der Waals surface area contributed by atoms with Crippen molar-refractivity contribution in [1.29, 1.82) is 0 Å². The highest BCUT2D eigenvalue weighted by Gasteiger charge is 2.18. The topological polar surface area (TPSA) is 19.4 Å². The molecule has 1 fully saturated rings. The average Bonchev–Trinajstić information content (AvgIpc) is 2.98. The number of thiazole rings is 1. The van der Waals surface area contributed by atoms with Crippen LogP contribution in [0.4, 0.5) is 0 Å². The number of rotatable bonds is 5. The Morgan fingerprint density at radius 2 is 1.82 bits per heavy atom. The molecule has 1 aliphatic rings. The predicted octanol–water partition coefficient (Wildman–Crippen LogP) is 3.68. The van der Waals surface area contributed by atoms with E-state index in [9.17, 15) is 0 Å². The Hall–Kier alpha value is -1.20. The van der Waals surface area contributed by atoms with Crippen LogP contribution < -0.4 is 0 Å². The van der Waals surface area contributed by atoms with E-state index in [-0.39, 0.29) is 0 Å². The molecule has 2 heterocycles. The van der Waals surface area contributed by atoms with Crippen LogP contribution in [0, 0.1) is 0 Å². The van der Waals surface area contributed by atoms with Crippen LogP contribution in [0.5, 0.6) is 0 Å². The van der Waals surface area contributed by atoms with Gasteiger partial charge in [0, 0.05) is 55.2 Å². The standard InChI is InChI=1S/C17H20ClN3S/c1-14(18)11-20-7-9-21(10-8-20)12-16-13-22-17(19-16)15-5-3-2-4-6-15/h2-6,13H,1,7-12H2. The lowest BCUT2D eigenvalue weighted by atomic mass is 10.2. The highest BCUT2D eigenvalue weighted by Crippen LogP contribution is 2.24. The smallest absolute Gasteiger partial charge is 0.123 e. The van der Waals surface area contributed by atoms with E-state index in [4.69, 9.17) is 16.6 Å². The highest BCUT2D eigenvalue weighted by molar-refractivity contribution is 7.13. The minimum atomic E-state index is 0.723. The third-order valence-electron chi connectivity index (χ3n) is 3.82. The summed E-state index contributed by atoms with van der Waals surface area (Å²) >= 11 is 7.60. The van der Waals surface area contributed by atoms with Gasteiger partial charge in [0.15, 0.2) is 0 Å². The van der Waals surface area contributed by atoms with E-state index in [0.717, 1.165) is 49.3 Å². The molecule has 3 rings (SSSR count). The van der Waals surface area contributed by atoms with Crippen molar-refractivity contribution in [2.24, 2.45) is 0 Å². The largest absolute Gasteiger partial charge is 0.296 e. The Balaban J connectivity index is 1.55. The Bertz CT molecular complexity index is 618. The van der Waals surface area contributed by atoms with E-state index in [1.165, 1.54) is 11.3 Å². The number of aromatic nitrogens is 1. The first kappa shape index (κ1) is 15.7. The van der Waals surface area contributed by atoms with Gasteiger partial charge in [-0.25, -0.2) is 4.98 Å². The van der Waals surface area contributed by atoms with Gasteiger partial charge in [-0.05, 0) is 0 Å². The second-order valence-electron chi connectivity index (χ2n) is 5.58. The van der Waals surface area contributed by atoms with E-state index >= 15 is 0 Å². The molecule has 1 aromatic heterocycles. The minimum absolute atomic E-state index is 0.723. The summed E-state index contributed by atoms with van der Waals surface area (Å²) in [5.41, 5.74) is 2.36. The second-order valence-corrected chi connectivity index (χ2v) is 6.97. The van der Waals surface area contributed by atoms with Gasteiger partial charge in [-0.15, -0.1) is 11.3 Å². The molecule has 0 aliphatic carbocycles. The molecule has 22 heavy (non-hydrogen) atoms. The molecule has 1 saturated heterocycles. The molecule has 1 aliphatic heterocycles. The van der Waals surface area contributed by atoms with Gasteiger partial charge >= 0.3 is 0 Å². The molecule has 0 atom stereocenters. The third-order valence-corrected chi connectivity index (χ3v) is 4.88. The molecule has 1 aromatic carbocycles. The third kappa shape index (κ3) is 4.17. The SMILES string of the molecule is C=C(Cl)CN1CCN(Cc2csc(-c3ccccc3)n2)CC1. The van der Waals surface area contributed by atoms with Gasteiger partial charge in [0.25, 0.3) is 0 Å². The zero-order valence-electron chi connectivity index (χ0n) is 12.5. The maximum atomic E-state index is 5.88. The quantitative estimate of drug-likeness (QED) is 0.832. The number of halogens is 1. The van der Waals surface area contributed by atoms with Crippen LogP contribution in [-0.4, -0.2) is 47.5 Å². The zero-order valence-corrected chi connectivity index (χ0v) is 14.1. The maximum absolute atomic E-state index is 5.88. The molecule has 3 nitrogen and oxygen atoms in total. The summed E-state index contributed by atoms with van der Waals surface area (Å²) in [4.78, 5) is 9.58. The molecule has 116 valence electrons. The number of benzene rings is 1. The summed E-state index contributed by atoms with van der Waals surface area (Å²) in [5.74, 6) is 0. The molecule has 2 aromatic rings. The summed E-state index contributed by atoms with van der Waals surface area (Å²) in [6.45, 7) is 9.70. The van der Waals surface area contributed by atoms with Crippen molar-refractivity contribution in [1.82, 2.24) is 14.8 Å². The van der Waals surface area contributed by atoms with Gasteiger partial charge in [0.1, 0.15) is 5.01 Å². The first-order valence-corrected chi connectivity index (χ1v) is 8.74. The molecule has 0 unspecified atom stereocenters. The number of hydrogen-bond donors (Lipinski definition) is 0. The van der Waals surface area contributed by atoms with Crippen LogP contribution >= 0.6 is 22.9 Å². The molecule has 0 amide bonds. The van der Waals surface area contributed by atoms with E-state index in [0.29, 0.717) is 0 Å². The van der Waals surface area contributed by atoms with E-state index in [1.54, 1.807) is 11.3 Å². The molecule has 0 bridgehead atoms. The fourth-order valence-electron chi connectivity index (χ4n) is 2.67. The van der Waals surface area contributed by atoms with E-state index in [1.807, 2.05) is 6.07 Å². The lowest BCUT2D eigenvalue weighted by Gasteiger charge is -2.34. The van der Waals surface area contributed by atoms with Crippen molar-refractivity contribution in [3.8, 4) is 10.6 Å². The molecular formula is C17H20ClN3S. The molecule has 0 saturated carbocycles. The van der Waals surface area contributed by atoms with Gasteiger partial charge in [-0.2, -0.15) is 0 Å². The Labute approximate surface area is 140 Å². The zero-order chi connectivity index (χ0) is 15.4. The first-order valence-electron chi connectivity index (χ1n) is 7.48.